The molecule has 1 saturated heterocycles. The lowest BCUT2D eigenvalue weighted by molar-refractivity contribution is 0.0597. The van der Waals surface area contributed by atoms with Crippen molar-refractivity contribution in [2.75, 3.05) is 74.5 Å². The summed E-state index contributed by atoms with van der Waals surface area (Å²) in [6.07, 6.45) is 6.82. The lowest BCUT2D eigenvalue weighted by Gasteiger charge is -2.32. The van der Waals surface area contributed by atoms with Crippen molar-refractivity contribution in [3.05, 3.63) is 0 Å². The van der Waals surface area contributed by atoms with Gasteiger partial charge in [0.15, 0.2) is 0 Å². The van der Waals surface area contributed by atoms with E-state index in [-0.39, 0.29) is 0 Å². The first-order chi connectivity index (χ1) is 11.1. The second-order valence-electron chi connectivity index (χ2n) is 7.06. The summed E-state index contributed by atoms with van der Waals surface area (Å²) in [5.74, 6) is 0. The van der Waals surface area contributed by atoms with E-state index in [4.69, 9.17) is 0 Å². The second kappa shape index (κ2) is 12.2. The number of hydrogen-bond acceptors (Lipinski definition) is 6. The number of likely N-dealkylation sites (N-methyl/N-ethyl adjacent to an activating group) is 2. The van der Waals surface area contributed by atoms with E-state index >= 15 is 0 Å². The van der Waals surface area contributed by atoms with Gasteiger partial charge < -0.3 is 9.80 Å². The Hall–Kier alpha value is -0.240. The van der Waals surface area contributed by atoms with Crippen LogP contribution < -0.4 is 10.9 Å². The lowest BCUT2D eigenvalue weighted by Crippen LogP contribution is -2.51. The quantitative estimate of drug-likeness (QED) is 0.699. The number of piperazine rings is 1. The van der Waals surface area contributed by atoms with Crippen LogP contribution in [0, 0.1) is 0 Å². The van der Waals surface area contributed by atoms with Gasteiger partial charge in [0.05, 0.1) is 0 Å². The van der Waals surface area contributed by atoms with Crippen molar-refractivity contribution in [3.8, 4) is 0 Å². The van der Waals surface area contributed by atoms with Crippen LogP contribution in [0.5, 0.6) is 0 Å². The third-order valence-corrected chi connectivity index (χ3v) is 4.88. The molecule has 0 spiro atoms. The minimum atomic E-state index is 0.693. The topological polar surface area (TPSA) is 37.0 Å². The molecule has 2 fully saturated rings. The molecule has 1 aliphatic carbocycles. The smallest absolute Gasteiger partial charge is 0.0399 e. The molecule has 138 valence electrons. The van der Waals surface area contributed by atoms with E-state index in [0.717, 1.165) is 0 Å². The van der Waals surface area contributed by atoms with Gasteiger partial charge in [-0.25, -0.2) is 10.9 Å². The van der Waals surface area contributed by atoms with Crippen molar-refractivity contribution in [2.24, 2.45) is 0 Å². The van der Waals surface area contributed by atoms with Gasteiger partial charge in [-0.2, -0.15) is 5.12 Å². The van der Waals surface area contributed by atoms with Crippen LogP contribution >= 0.6 is 0 Å². The molecule has 2 rings (SSSR count). The van der Waals surface area contributed by atoms with E-state index in [1.165, 1.54) is 71.4 Å². The van der Waals surface area contributed by atoms with Crippen LogP contribution in [0.3, 0.4) is 0 Å². The van der Waals surface area contributed by atoms with Crippen molar-refractivity contribution in [2.45, 2.75) is 38.1 Å². The zero-order valence-electron chi connectivity index (χ0n) is 16.1. The van der Waals surface area contributed by atoms with Crippen molar-refractivity contribution >= 4 is 0 Å². The van der Waals surface area contributed by atoms with Gasteiger partial charge in [0.2, 0.25) is 0 Å². The maximum absolute atomic E-state index is 3.14. The number of hydrogen-bond donors (Lipinski definition) is 2. The van der Waals surface area contributed by atoms with Crippen LogP contribution in [0.15, 0.2) is 0 Å². The molecule has 0 atom stereocenters. The van der Waals surface area contributed by atoms with Crippen molar-refractivity contribution in [3.63, 3.8) is 0 Å². The van der Waals surface area contributed by atoms with E-state index in [1.54, 1.807) is 0 Å². The van der Waals surface area contributed by atoms with E-state index < -0.39 is 0 Å². The zero-order valence-corrected chi connectivity index (χ0v) is 16.1. The highest BCUT2D eigenvalue weighted by Crippen LogP contribution is 2.19. The minimum absolute atomic E-state index is 0.693. The fraction of sp³-hybridized carbons (Fsp3) is 1.00. The average Bonchev–Trinajstić information content (AvgIpc) is 2.57. The first-order valence-electron chi connectivity index (χ1n) is 9.26. The van der Waals surface area contributed by atoms with Gasteiger partial charge in [0, 0.05) is 59.4 Å². The molecule has 0 unspecified atom stereocenters. The highest BCUT2D eigenvalue weighted by molar-refractivity contribution is 4.70. The molecule has 2 N–H and O–H groups in total. The van der Waals surface area contributed by atoms with Crippen LogP contribution in [0.1, 0.15) is 32.1 Å². The molecule has 0 aromatic carbocycles. The molecule has 0 aromatic heterocycles. The Bertz CT molecular complexity index is 268. The van der Waals surface area contributed by atoms with E-state index in [9.17, 15) is 0 Å². The van der Waals surface area contributed by atoms with E-state index in [1.807, 2.05) is 14.1 Å². The Labute approximate surface area is 144 Å². The normalized spacial score (nSPS) is 21.5. The standard InChI is InChI=1S/C9H21N3.C8H19N3/c1-10(2)4-7-12-8-5-11(3)6-9-12;1-9-11(10-2)8-6-4-3-5-7-8/h4-9H2,1-3H3;8-10H,3-7H2,1-2H3. The predicted octanol–water partition coefficient (Wildman–Crippen LogP) is 0.685. The molecular formula is C17H40N6. The summed E-state index contributed by atoms with van der Waals surface area (Å²) in [5, 5.41) is 2.11. The van der Waals surface area contributed by atoms with Gasteiger partial charge in [-0.05, 0) is 34.0 Å². The largest absolute Gasteiger partial charge is 0.308 e. The molecule has 23 heavy (non-hydrogen) atoms. The van der Waals surface area contributed by atoms with Gasteiger partial charge in [-0.1, -0.05) is 19.3 Å². The molecular weight excluding hydrogens is 288 g/mol. The summed E-state index contributed by atoms with van der Waals surface area (Å²) >= 11 is 0. The lowest BCUT2D eigenvalue weighted by atomic mass is 9.96. The Morgan fingerprint density at radius 1 is 0.913 bits per heavy atom. The molecule has 6 nitrogen and oxygen atoms in total. The third kappa shape index (κ3) is 8.98. The number of hydrazine groups is 2. The summed E-state index contributed by atoms with van der Waals surface area (Å²) in [7, 11) is 10.4. The number of nitrogens with one attached hydrogen (secondary N) is 2. The van der Waals surface area contributed by atoms with Crippen LogP contribution in [-0.2, 0) is 0 Å². The summed E-state index contributed by atoms with van der Waals surface area (Å²) in [6.45, 7) is 7.35. The summed E-state index contributed by atoms with van der Waals surface area (Å²) in [6, 6.07) is 0.693. The van der Waals surface area contributed by atoms with E-state index in [0.29, 0.717) is 6.04 Å². The molecule has 2 aliphatic rings. The van der Waals surface area contributed by atoms with Gasteiger partial charge in [-0.3, -0.25) is 4.90 Å². The predicted molar refractivity (Wildman–Crippen MR) is 99.3 cm³/mol. The molecule has 1 saturated carbocycles. The van der Waals surface area contributed by atoms with Crippen LogP contribution in [0.25, 0.3) is 0 Å². The SMILES string of the molecule is CN(C)CCN1CCN(C)CC1.CNN(NC)C1CCCCC1. The maximum atomic E-state index is 3.14. The van der Waals surface area contributed by atoms with Crippen molar-refractivity contribution < 1.29 is 0 Å². The zero-order chi connectivity index (χ0) is 17.1. The van der Waals surface area contributed by atoms with Crippen LogP contribution in [0.4, 0.5) is 0 Å². The summed E-state index contributed by atoms with van der Waals surface area (Å²) < 4.78 is 0. The monoisotopic (exact) mass is 328 g/mol. The number of nitrogens with zero attached hydrogens (tertiary/aromatic N) is 4. The fourth-order valence-corrected chi connectivity index (χ4v) is 3.23. The Morgan fingerprint density at radius 2 is 1.48 bits per heavy atom. The Kier molecular flexibility index (Phi) is 11.0. The second-order valence-corrected chi connectivity index (χ2v) is 7.06. The minimum Gasteiger partial charge on any atom is -0.308 e. The average molecular weight is 329 g/mol. The van der Waals surface area contributed by atoms with Gasteiger partial charge >= 0.3 is 0 Å². The molecule has 1 aliphatic heterocycles. The molecule has 1 heterocycles. The maximum Gasteiger partial charge on any atom is 0.0399 e. The highest BCUT2D eigenvalue weighted by Gasteiger charge is 2.18. The third-order valence-electron chi connectivity index (χ3n) is 4.88. The molecule has 0 aromatic rings. The van der Waals surface area contributed by atoms with Crippen molar-refractivity contribution in [1.82, 2.24) is 30.7 Å². The van der Waals surface area contributed by atoms with Crippen molar-refractivity contribution in [1.29, 1.82) is 0 Å². The van der Waals surface area contributed by atoms with Gasteiger partial charge in [0.25, 0.3) is 0 Å². The Morgan fingerprint density at radius 3 is 1.96 bits per heavy atom. The van der Waals surface area contributed by atoms with Gasteiger partial charge in [-0.15, -0.1) is 0 Å². The fourth-order valence-electron chi connectivity index (χ4n) is 3.23. The Balaban J connectivity index is 0.000000231. The van der Waals surface area contributed by atoms with E-state index in [2.05, 4.69) is 51.8 Å². The number of rotatable bonds is 6. The summed E-state index contributed by atoms with van der Waals surface area (Å²) in [5.41, 5.74) is 6.29. The first kappa shape index (κ1) is 20.8. The molecule has 0 amide bonds. The van der Waals surface area contributed by atoms with Gasteiger partial charge in [0.1, 0.15) is 0 Å². The summed E-state index contributed by atoms with van der Waals surface area (Å²) in [4.78, 5) is 7.18. The van der Waals surface area contributed by atoms with Crippen LogP contribution in [-0.4, -0.2) is 100 Å². The highest BCUT2D eigenvalue weighted by atomic mass is 15.7. The first-order valence-corrected chi connectivity index (χ1v) is 9.26. The molecule has 0 bridgehead atoms. The van der Waals surface area contributed by atoms with Crippen LogP contribution in [0.2, 0.25) is 0 Å². The molecule has 6 heteroatoms. The molecule has 0 radical (unpaired) electrons.